The average molecular weight is 245 g/mol. The van der Waals surface area contributed by atoms with Gasteiger partial charge >= 0.3 is 0 Å². The van der Waals surface area contributed by atoms with E-state index in [-0.39, 0.29) is 18.0 Å². The Kier molecular flexibility index (Phi) is 3.36. The van der Waals surface area contributed by atoms with Gasteiger partial charge in [-0.25, -0.2) is 0 Å². The SMILES string of the molecule is Cc1nn(C(C)C(=O)NC(C)C)c2ccccc12. The first-order chi connectivity index (χ1) is 8.50. The number of fused-ring (bicyclic) bond motifs is 1. The van der Waals surface area contributed by atoms with Crippen molar-refractivity contribution in [1.29, 1.82) is 0 Å². The number of hydrogen-bond donors (Lipinski definition) is 1. The number of carbonyl (C=O) groups excluding carboxylic acids is 1. The van der Waals surface area contributed by atoms with Gasteiger partial charge in [-0.3, -0.25) is 9.48 Å². The summed E-state index contributed by atoms with van der Waals surface area (Å²) in [4.78, 5) is 12.0. The maximum atomic E-state index is 12.0. The van der Waals surface area contributed by atoms with E-state index < -0.39 is 0 Å². The van der Waals surface area contributed by atoms with E-state index in [4.69, 9.17) is 0 Å². The maximum absolute atomic E-state index is 12.0. The van der Waals surface area contributed by atoms with Gasteiger partial charge in [0.15, 0.2) is 0 Å². The lowest BCUT2D eigenvalue weighted by atomic mass is 10.2. The Labute approximate surface area is 107 Å². The normalized spacial score (nSPS) is 12.9. The van der Waals surface area contributed by atoms with Crippen LogP contribution in [0, 0.1) is 6.92 Å². The van der Waals surface area contributed by atoms with E-state index in [1.165, 1.54) is 0 Å². The number of nitrogens with one attached hydrogen (secondary N) is 1. The number of aromatic nitrogens is 2. The van der Waals surface area contributed by atoms with E-state index in [2.05, 4.69) is 10.4 Å². The van der Waals surface area contributed by atoms with E-state index in [0.29, 0.717) is 0 Å². The van der Waals surface area contributed by atoms with Crippen molar-refractivity contribution in [3.63, 3.8) is 0 Å². The first-order valence-corrected chi connectivity index (χ1v) is 6.25. The average Bonchev–Trinajstić information content (AvgIpc) is 2.66. The molecule has 1 heterocycles. The number of nitrogens with zero attached hydrogens (tertiary/aromatic N) is 2. The molecule has 2 rings (SSSR count). The molecule has 96 valence electrons. The second kappa shape index (κ2) is 4.80. The summed E-state index contributed by atoms with van der Waals surface area (Å²) in [6, 6.07) is 7.82. The fourth-order valence-electron chi connectivity index (χ4n) is 2.06. The molecule has 1 N–H and O–H groups in total. The Hall–Kier alpha value is -1.84. The number of para-hydroxylation sites is 1. The molecule has 1 aromatic heterocycles. The standard InChI is InChI=1S/C14H19N3O/c1-9(2)15-14(18)11(4)17-13-8-6-5-7-12(13)10(3)16-17/h5-9,11H,1-4H3,(H,15,18). The van der Waals surface area contributed by atoms with Crippen LogP contribution < -0.4 is 5.32 Å². The molecule has 0 spiro atoms. The summed E-state index contributed by atoms with van der Waals surface area (Å²) in [6.45, 7) is 7.75. The summed E-state index contributed by atoms with van der Waals surface area (Å²) >= 11 is 0. The van der Waals surface area contributed by atoms with Crippen molar-refractivity contribution in [3.05, 3.63) is 30.0 Å². The largest absolute Gasteiger partial charge is 0.352 e. The van der Waals surface area contributed by atoms with Crippen molar-refractivity contribution in [2.75, 3.05) is 0 Å². The Morgan fingerprint density at radius 2 is 1.94 bits per heavy atom. The minimum absolute atomic E-state index is 0.00162. The van der Waals surface area contributed by atoms with Gasteiger partial charge in [-0.15, -0.1) is 0 Å². The number of rotatable bonds is 3. The zero-order valence-electron chi connectivity index (χ0n) is 11.3. The molecule has 1 atom stereocenters. The number of aryl methyl sites for hydroxylation is 1. The van der Waals surface area contributed by atoms with Gasteiger partial charge in [-0.05, 0) is 33.8 Å². The third kappa shape index (κ3) is 2.23. The number of amides is 1. The van der Waals surface area contributed by atoms with Crippen LogP contribution in [0.1, 0.15) is 32.5 Å². The van der Waals surface area contributed by atoms with E-state index in [0.717, 1.165) is 16.6 Å². The summed E-state index contributed by atoms with van der Waals surface area (Å²) in [5.74, 6) is -0.00162. The van der Waals surface area contributed by atoms with Gasteiger partial charge in [0.1, 0.15) is 6.04 Å². The van der Waals surface area contributed by atoms with Gasteiger partial charge in [-0.2, -0.15) is 5.10 Å². The molecule has 0 fully saturated rings. The minimum atomic E-state index is -0.300. The minimum Gasteiger partial charge on any atom is -0.352 e. The van der Waals surface area contributed by atoms with Crippen LogP contribution in [0.2, 0.25) is 0 Å². The summed E-state index contributed by atoms with van der Waals surface area (Å²) < 4.78 is 1.79. The van der Waals surface area contributed by atoms with E-state index in [9.17, 15) is 4.79 Å². The zero-order chi connectivity index (χ0) is 13.3. The molecule has 0 aliphatic carbocycles. The topological polar surface area (TPSA) is 46.9 Å². The van der Waals surface area contributed by atoms with Crippen LogP contribution in [0.25, 0.3) is 10.9 Å². The van der Waals surface area contributed by atoms with Gasteiger partial charge in [0.2, 0.25) is 5.91 Å². The highest BCUT2D eigenvalue weighted by molar-refractivity contribution is 5.86. The molecule has 0 radical (unpaired) electrons. The lowest BCUT2D eigenvalue weighted by Gasteiger charge is -2.15. The molecular weight excluding hydrogens is 226 g/mol. The molecule has 2 aromatic rings. The first kappa shape index (κ1) is 12.6. The van der Waals surface area contributed by atoms with Crippen molar-refractivity contribution in [3.8, 4) is 0 Å². The van der Waals surface area contributed by atoms with Gasteiger partial charge in [0, 0.05) is 11.4 Å². The zero-order valence-corrected chi connectivity index (χ0v) is 11.3. The highest BCUT2D eigenvalue weighted by Crippen LogP contribution is 2.21. The molecule has 1 unspecified atom stereocenters. The quantitative estimate of drug-likeness (QED) is 0.902. The Bertz CT molecular complexity index is 571. The molecular formula is C14H19N3O. The summed E-state index contributed by atoms with van der Waals surface area (Å²) in [6.07, 6.45) is 0. The summed E-state index contributed by atoms with van der Waals surface area (Å²) in [5.41, 5.74) is 1.95. The van der Waals surface area contributed by atoms with Gasteiger partial charge < -0.3 is 5.32 Å². The predicted octanol–water partition coefficient (Wildman–Crippen LogP) is 2.43. The third-order valence-electron chi connectivity index (χ3n) is 2.98. The molecule has 0 bridgehead atoms. The monoisotopic (exact) mass is 245 g/mol. The summed E-state index contributed by atoms with van der Waals surface area (Å²) in [7, 11) is 0. The Morgan fingerprint density at radius 3 is 2.61 bits per heavy atom. The van der Waals surface area contributed by atoms with E-state index >= 15 is 0 Å². The third-order valence-corrected chi connectivity index (χ3v) is 2.98. The molecule has 0 aliphatic rings. The van der Waals surface area contributed by atoms with Crippen molar-refractivity contribution in [1.82, 2.24) is 15.1 Å². The van der Waals surface area contributed by atoms with Crippen LogP contribution in [-0.2, 0) is 4.79 Å². The van der Waals surface area contributed by atoms with E-state index in [1.54, 1.807) is 4.68 Å². The molecule has 0 saturated carbocycles. The fraction of sp³-hybridized carbons (Fsp3) is 0.429. The molecule has 0 saturated heterocycles. The number of benzene rings is 1. The molecule has 18 heavy (non-hydrogen) atoms. The van der Waals surface area contributed by atoms with Gasteiger partial charge in [0.05, 0.1) is 11.2 Å². The van der Waals surface area contributed by atoms with Gasteiger partial charge in [0.25, 0.3) is 0 Å². The fourth-order valence-corrected chi connectivity index (χ4v) is 2.06. The van der Waals surface area contributed by atoms with Gasteiger partial charge in [-0.1, -0.05) is 18.2 Å². The second-order valence-electron chi connectivity index (χ2n) is 4.89. The van der Waals surface area contributed by atoms with Crippen LogP contribution in [0.15, 0.2) is 24.3 Å². The van der Waals surface area contributed by atoms with Crippen LogP contribution in [0.3, 0.4) is 0 Å². The van der Waals surface area contributed by atoms with Crippen molar-refractivity contribution in [2.24, 2.45) is 0 Å². The highest BCUT2D eigenvalue weighted by atomic mass is 16.2. The van der Waals surface area contributed by atoms with Crippen LogP contribution in [0.5, 0.6) is 0 Å². The molecule has 4 nitrogen and oxygen atoms in total. The number of hydrogen-bond acceptors (Lipinski definition) is 2. The molecule has 0 aliphatic heterocycles. The Morgan fingerprint density at radius 1 is 1.28 bits per heavy atom. The lowest BCUT2D eigenvalue weighted by molar-refractivity contribution is -0.124. The van der Waals surface area contributed by atoms with Crippen LogP contribution in [-0.4, -0.2) is 21.7 Å². The maximum Gasteiger partial charge on any atom is 0.244 e. The number of carbonyl (C=O) groups is 1. The van der Waals surface area contributed by atoms with Crippen LogP contribution in [0.4, 0.5) is 0 Å². The molecule has 1 amide bonds. The first-order valence-electron chi connectivity index (χ1n) is 6.25. The van der Waals surface area contributed by atoms with E-state index in [1.807, 2.05) is 52.0 Å². The van der Waals surface area contributed by atoms with Crippen molar-refractivity contribution in [2.45, 2.75) is 39.8 Å². The lowest BCUT2D eigenvalue weighted by Crippen LogP contribution is -2.36. The van der Waals surface area contributed by atoms with Crippen molar-refractivity contribution >= 4 is 16.8 Å². The van der Waals surface area contributed by atoms with Crippen molar-refractivity contribution < 1.29 is 4.79 Å². The smallest absolute Gasteiger partial charge is 0.244 e. The second-order valence-corrected chi connectivity index (χ2v) is 4.89. The highest BCUT2D eigenvalue weighted by Gasteiger charge is 2.19. The Balaban J connectivity index is 2.39. The summed E-state index contributed by atoms with van der Waals surface area (Å²) in [5, 5.41) is 8.49. The molecule has 4 heteroatoms. The predicted molar refractivity (Wildman–Crippen MR) is 72.5 cm³/mol. The molecule has 1 aromatic carbocycles. The van der Waals surface area contributed by atoms with Crippen LogP contribution >= 0.6 is 0 Å².